The first-order valence-corrected chi connectivity index (χ1v) is 6.21. The van der Waals surface area contributed by atoms with Gasteiger partial charge in [0.15, 0.2) is 0 Å². The van der Waals surface area contributed by atoms with E-state index in [4.69, 9.17) is 4.74 Å². The van der Waals surface area contributed by atoms with Gasteiger partial charge in [-0.05, 0) is 51.3 Å². The minimum atomic E-state index is 0.328. The zero-order valence-electron chi connectivity index (χ0n) is 10.6. The Morgan fingerprint density at radius 1 is 1.31 bits per heavy atom. The van der Waals surface area contributed by atoms with Gasteiger partial charge in [-0.1, -0.05) is 19.9 Å². The molecule has 0 radical (unpaired) electrons. The maximum Gasteiger partial charge on any atom is 0.216 e. The molecule has 0 bridgehead atoms. The maximum absolute atomic E-state index is 5.91. The number of rotatable bonds is 5. The lowest BCUT2D eigenvalue weighted by Gasteiger charge is -2.24. The molecule has 1 aliphatic rings. The standard InChI is InChI=1S/C14H23NO/c1-5-11(2)12(3)14(15-4)16-13-9-7-6-8-10-13/h13H,2,4-10H2,1,3H3. The van der Waals surface area contributed by atoms with E-state index in [1.165, 1.54) is 19.3 Å². The Kier molecular flexibility index (Phi) is 5.30. The fourth-order valence-electron chi connectivity index (χ4n) is 2.00. The molecule has 0 amide bonds. The maximum atomic E-state index is 5.91. The summed E-state index contributed by atoms with van der Waals surface area (Å²) >= 11 is 0. The average molecular weight is 221 g/mol. The summed E-state index contributed by atoms with van der Waals surface area (Å²) in [5, 5.41) is 0. The van der Waals surface area contributed by atoms with Gasteiger partial charge in [0, 0.05) is 5.57 Å². The van der Waals surface area contributed by atoms with Gasteiger partial charge in [-0.2, -0.15) is 0 Å². The Morgan fingerprint density at radius 2 is 1.94 bits per heavy atom. The van der Waals surface area contributed by atoms with Crippen molar-refractivity contribution in [3.8, 4) is 0 Å². The van der Waals surface area contributed by atoms with Crippen LogP contribution in [0.15, 0.2) is 28.6 Å². The van der Waals surface area contributed by atoms with Crippen LogP contribution in [-0.4, -0.2) is 12.8 Å². The van der Waals surface area contributed by atoms with Crippen LogP contribution in [0, 0.1) is 0 Å². The van der Waals surface area contributed by atoms with E-state index >= 15 is 0 Å². The van der Waals surface area contributed by atoms with Crippen LogP contribution in [-0.2, 0) is 4.74 Å². The Labute approximate surface area is 99.1 Å². The highest BCUT2D eigenvalue weighted by atomic mass is 16.5. The number of hydrogen-bond acceptors (Lipinski definition) is 2. The van der Waals surface area contributed by atoms with Gasteiger partial charge in [-0.15, -0.1) is 0 Å². The molecule has 1 rings (SSSR count). The first kappa shape index (κ1) is 13.0. The summed E-state index contributed by atoms with van der Waals surface area (Å²) in [5.74, 6) is 0.679. The van der Waals surface area contributed by atoms with E-state index in [9.17, 15) is 0 Å². The molecular formula is C14H23NO. The normalized spacial score (nSPS) is 18.9. The average Bonchev–Trinajstić information content (AvgIpc) is 2.35. The zero-order valence-corrected chi connectivity index (χ0v) is 10.6. The summed E-state index contributed by atoms with van der Waals surface area (Å²) in [7, 11) is 0. The van der Waals surface area contributed by atoms with Crippen molar-refractivity contribution in [1.29, 1.82) is 0 Å². The highest BCUT2D eigenvalue weighted by Crippen LogP contribution is 2.25. The van der Waals surface area contributed by atoms with Crippen molar-refractivity contribution < 1.29 is 4.74 Å². The van der Waals surface area contributed by atoms with Gasteiger partial charge < -0.3 is 4.74 Å². The first-order chi connectivity index (χ1) is 7.69. The molecule has 16 heavy (non-hydrogen) atoms. The number of nitrogens with zero attached hydrogens (tertiary/aromatic N) is 1. The molecule has 0 unspecified atom stereocenters. The lowest BCUT2D eigenvalue weighted by molar-refractivity contribution is 0.0799. The summed E-state index contributed by atoms with van der Waals surface area (Å²) in [6.45, 7) is 11.7. The molecule has 0 atom stereocenters. The van der Waals surface area contributed by atoms with Crippen LogP contribution >= 0.6 is 0 Å². The summed E-state index contributed by atoms with van der Waals surface area (Å²) < 4.78 is 5.91. The van der Waals surface area contributed by atoms with Crippen LogP contribution in [0.3, 0.4) is 0 Å². The van der Waals surface area contributed by atoms with Crippen LogP contribution < -0.4 is 0 Å². The Morgan fingerprint density at radius 3 is 2.44 bits per heavy atom. The third-order valence-electron chi connectivity index (χ3n) is 3.25. The number of allylic oxidation sites excluding steroid dienone is 2. The van der Waals surface area contributed by atoms with E-state index in [0.717, 1.165) is 30.4 Å². The highest BCUT2D eigenvalue weighted by molar-refractivity contribution is 5.34. The number of hydrogen-bond donors (Lipinski definition) is 0. The topological polar surface area (TPSA) is 21.6 Å². The summed E-state index contributed by atoms with van der Waals surface area (Å²) in [6, 6.07) is 0. The van der Waals surface area contributed by atoms with E-state index < -0.39 is 0 Å². The van der Waals surface area contributed by atoms with Crippen molar-refractivity contribution in [2.75, 3.05) is 0 Å². The molecule has 90 valence electrons. The Hall–Kier alpha value is -1.05. The molecule has 0 saturated heterocycles. The van der Waals surface area contributed by atoms with Crippen LogP contribution in [0.4, 0.5) is 0 Å². The zero-order chi connectivity index (χ0) is 12.0. The summed E-state index contributed by atoms with van der Waals surface area (Å²) in [6.07, 6.45) is 7.41. The minimum Gasteiger partial charge on any atom is -0.474 e. The molecular weight excluding hydrogens is 198 g/mol. The minimum absolute atomic E-state index is 0.328. The molecule has 0 N–H and O–H groups in total. The molecule has 2 nitrogen and oxygen atoms in total. The molecule has 0 aromatic carbocycles. The molecule has 0 aromatic heterocycles. The van der Waals surface area contributed by atoms with E-state index in [0.29, 0.717) is 12.0 Å². The molecule has 0 aromatic rings. The van der Waals surface area contributed by atoms with Crippen molar-refractivity contribution in [3.05, 3.63) is 23.6 Å². The van der Waals surface area contributed by atoms with E-state index in [-0.39, 0.29) is 0 Å². The molecule has 1 saturated carbocycles. The lowest BCUT2D eigenvalue weighted by atomic mass is 9.98. The largest absolute Gasteiger partial charge is 0.474 e. The number of ether oxygens (including phenoxy) is 1. The van der Waals surface area contributed by atoms with E-state index in [1.54, 1.807) is 0 Å². The quantitative estimate of drug-likeness (QED) is 0.386. The molecule has 1 aliphatic carbocycles. The Balaban J connectivity index is 2.66. The van der Waals surface area contributed by atoms with Crippen molar-refractivity contribution in [3.63, 3.8) is 0 Å². The monoisotopic (exact) mass is 221 g/mol. The van der Waals surface area contributed by atoms with Crippen molar-refractivity contribution in [2.45, 2.75) is 58.5 Å². The second-order valence-electron chi connectivity index (χ2n) is 4.42. The van der Waals surface area contributed by atoms with Crippen LogP contribution in [0.25, 0.3) is 0 Å². The van der Waals surface area contributed by atoms with E-state index in [2.05, 4.69) is 25.2 Å². The van der Waals surface area contributed by atoms with Gasteiger partial charge in [0.05, 0.1) is 0 Å². The van der Waals surface area contributed by atoms with Crippen LogP contribution in [0.2, 0.25) is 0 Å². The number of aliphatic imine (C=N–C) groups is 1. The third kappa shape index (κ3) is 3.51. The fourth-order valence-corrected chi connectivity index (χ4v) is 2.00. The summed E-state index contributed by atoms with van der Waals surface area (Å²) in [4.78, 5) is 4.00. The third-order valence-corrected chi connectivity index (χ3v) is 3.25. The molecule has 2 heteroatoms. The van der Waals surface area contributed by atoms with Gasteiger partial charge in [-0.25, -0.2) is 4.99 Å². The van der Waals surface area contributed by atoms with Crippen molar-refractivity contribution in [2.24, 2.45) is 4.99 Å². The van der Waals surface area contributed by atoms with Gasteiger partial charge in [0.2, 0.25) is 5.88 Å². The second-order valence-corrected chi connectivity index (χ2v) is 4.42. The van der Waals surface area contributed by atoms with Gasteiger partial charge in [0.25, 0.3) is 0 Å². The Bertz CT molecular complexity index is 285. The summed E-state index contributed by atoms with van der Waals surface area (Å²) in [5.41, 5.74) is 2.13. The fraction of sp³-hybridized carbons (Fsp3) is 0.643. The molecule has 0 heterocycles. The molecule has 0 spiro atoms. The van der Waals surface area contributed by atoms with Crippen molar-refractivity contribution in [1.82, 2.24) is 0 Å². The predicted molar refractivity (Wildman–Crippen MR) is 69.6 cm³/mol. The van der Waals surface area contributed by atoms with Crippen LogP contribution in [0.1, 0.15) is 52.4 Å². The van der Waals surface area contributed by atoms with Gasteiger partial charge in [-0.3, -0.25) is 0 Å². The van der Waals surface area contributed by atoms with Crippen molar-refractivity contribution >= 4 is 6.72 Å². The lowest BCUT2D eigenvalue weighted by Crippen LogP contribution is -2.16. The second kappa shape index (κ2) is 6.51. The SMILES string of the molecule is C=NC(OC1CCCCC1)=C(C)C(=C)CC. The molecule has 0 aliphatic heterocycles. The van der Waals surface area contributed by atoms with E-state index in [1.807, 2.05) is 6.92 Å². The first-order valence-electron chi connectivity index (χ1n) is 6.21. The highest BCUT2D eigenvalue weighted by Gasteiger charge is 2.16. The predicted octanol–water partition coefficient (Wildman–Crippen LogP) is 4.23. The van der Waals surface area contributed by atoms with Gasteiger partial charge in [0.1, 0.15) is 6.10 Å². The van der Waals surface area contributed by atoms with Gasteiger partial charge >= 0.3 is 0 Å². The molecule has 1 fully saturated rings. The smallest absolute Gasteiger partial charge is 0.216 e. The van der Waals surface area contributed by atoms with Crippen LogP contribution in [0.5, 0.6) is 0 Å².